The second kappa shape index (κ2) is 7.00. The fourth-order valence-corrected chi connectivity index (χ4v) is 3.24. The molecule has 1 aromatic carbocycles. The van der Waals surface area contributed by atoms with Gasteiger partial charge in [0.15, 0.2) is 5.88 Å². The third kappa shape index (κ3) is 3.76. The molecule has 1 fully saturated rings. The van der Waals surface area contributed by atoms with Crippen LogP contribution in [0.1, 0.15) is 40.0 Å². The van der Waals surface area contributed by atoms with Crippen LogP contribution in [0, 0.1) is 0 Å². The summed E-state index contributed by atoms with van der Waals surface area (Å²) in [4.78, 5) is 15.0. The van der Waals surface area contributed by atoms with Gasteiger partial charge in [-0.2, -0.15) is 0 Å². The van der Waals surface area contributed by atoms with Crippen molar-refractivity contribution < 1.29 is 19.2 Å². The number of rotatable bonds is 3. The maximum atomic E-state index is 12.7. The number of aromatic nitrogens is 1. The normalized spacial score (nSPS) is 15.3. The molecule has 0 unspecified atom stereocenters. The first-order chi connectivity index (χ1) is 11.9. The minimum Gasteiger partial charge on any atom is -0.524 e. The van der Waals surface area contributed by atoms with Crippen LogP contribution in [0.5, 0.6) is 5.88 Å². The summed E-state index contributed by atoms with van der Waals surface area (Å²) in [6.07, 6.45) is 3.04. The molecule has 1 radical (unpaired) electrons. The first-order valence-electron chi connectivity index (χ1n) is 8.66. The third-order valence-electron chi connectivity index (χ3n) is 4.24. The second-order valence-corrected chi connectivity index (χ2v) is 7.28. The largest absolute Gasteiger partial charge is 0.570 e. The van der Waals surface area contributed by atoms with Crippen molar-refractivity contribution in [1.82, 2.24) is 4.57 Å². The number of carbonyl (C=O) groups excluding carboxylic acids is 1. The number of piperidine rings is 1. The first kappa shape index (κ1) is 17.7. The van der Waals surface area contributed by atoms with Gasteiger partial charge in [0, 0.05) is 30.2 Å². The second-order valence-electron chi connectivity index (χ2n) is 7.28. The van der Waals surface area contributed by atoms with E-state index in [1.807, 2.05) is 32.9 Å². The Bertz CT molecular complexity index is 760. The smallest absolute Gasteiger partial charge is 0.524 e. The summed E-state index contributed by atoms with van der Waals surface area (Å²) in [6.45, 7) is 7.44. The molecule has 0 atom stereocenters. The summed E-state index contributed by atoms with van der Waals surface area (Å²) in [7, 11) is 0.579. The van der Waals surface area contributed by atoms with Crippen molar-refractivity contribution in [3.8, 4) is 5.88 Å². The topological polar surface area (TPSA) is 63.9 Å². The molecule has 0 saturated carbocycles. The monoisotopic (exact) mass is 343 g/mol. The fraction of sp³-hybridized carbons (Fsp3) is 0.500. The lowest BCUT2D eigenvalue weighted by Gasteiger charge is -2.29. The van der Waals surface area contributed by atoms with E-state index in [0.29, 0.717) is 13.2 Å². The molecule has 7 heteroatoms. The highest BCUT2D eigenvalue weighted by molar-refractivity contribution is 6.17. The predicted octanol–water partition coefficient (Wildman–Crippen LogP) is 3.32. The Kier molecular flexibility index (Phi) is 4.95. The number of hydrogen-bond donors (Lipinski definition) is 1. The van der Waals surface area contributed by atoms with Gasteiger partial charge < -0.3 is 19.3 Å². The molecule has 0 aliphatic carbocycles. The SMILES string of the molecule is CC(C)(C)OC(=O)n1c(O[B]O)cc2c(N3CCCCC3)cccc21. The van der Waals surface area contributed by atoms with E-state index >= 15 is 0 Å². The van der Waals surface area contributed by atoms with Gasteiger partial charge in [-0.3, -0.25) is 0 Å². The number of fused-ring (bicyclic) bond motifs is 1. The van der Waals surface area contributed by atoms with Crippen LogP contribution in [0.3, 0.4) is 0 Å². The van der Waals surface area contributed by atoms with E-state index in [-0.39, 0.29) is 5.88 Å². The van der Waals surface area contributed by atoms with Crippen LogP contribution < -0.4 is 9.55 Å². The molecule has 0 amide bonds. The van der Waals surface area contributed by atoms with Crippen molar-refractivity contribution in [3.63, 3.8) is 0 Å². The summed E-state index contributed by atoms with van der Waals surface area (Å²) in [5, 5.41) is 9.99. The molecular weight excluding hydrogens is 319 g/mol. The molecule has 1 aliphatic rings. The van der Waals surface area contributed by atoms with Gasteiger partial charge in [-0.25, -0.2) is 9.36 Å². The zero-order valence-corrected chi connectivity index (χ0v) is 15.0. The summed E-state index contributed by atoms with van der Waals surface area (Å²) in [5.41, 5.74) is 1.15. The average molecular weight is 343 g/mol. The number of carbonyl (C=O) groups is 1. The van der Waals surface area contributed by atoms with Crippen molar-refractivity contribution in [2.45, 2.75) is 45.6 Å². The Morgan fingerprint density at radius 1 is 1.20 bits per heavy atom. The van der Waals surface area contributed by atoms with E-state index in [0.717, 1.165) is 37.0 Å². The fourth-order valence-electron chi connectivity index (χ4n) is 3.24. The molecule has 6 nitrogen and oxygen atoms in total. The van der Waals surface area contributed by atoms with E-state index in [9.17, 15) is 4.79 Å². The zero-order valence-electron chi connectivity index (χ0n) is 15.0. The molecule has 25 heavy (non-hydrogen) atoms. The van der Waals surface area contributed by atoms with Crippen LogP contribution in [0.4, 0.5) is 10.5 Å². The van der Waals surface area contributed by atoms with Gasteiger partial charge in [-0.1, -0.05) is 6.07 Å². The van der Waals surface area contributed by atoms with Gasteiger partial charge in [-0.15, -0.1) is 0 Å². The molecule has 1 N–H and O–H groups in total. The molecule has 133 valence electrons. The lowest BCUT2D eigenvalue weighted by atomic mass is 10.1. The molecule has 2 heterocycles. The van der Waals surface area contributed by atoms with Crippen LogP contribution in [0.2, 0.25) is 0 Å². The number of ether oxygens (including phenoxy) is 1. The van der Waals surface area contributed by atoms with Gasteiger partial charge >= 0.3 is 13.8 Å². The quantitative estimate of drug-likeness (QED) is 0.866. The van der Waals surface area contributed by atoms with Gasteiger partial charge in [0.2, 0.25) is 0 Å². The summed E-state index contributed by atoms with van der Waals surface area (Å²) in [6, 6.07) is 7.62. The van der Waals surface area contributed by atoms with E-state index < -0.39 is 11.7 Å². The Hall–Kier alpha value is -2.15. The van der Waals surface area contributed by atoms with E-state index in [1.54, 1.807) is 6.07 Å². The highest BCUT2D eigenvalue weighted by atomic mass is 16.6. The molecular formula is C18H24BN2O4. The maximum absolute atomic E-state index is 12.7. The van der Waals surface area contributed by atoms with Crippen LogP contribution in [0.15, 0.2) is 24.3 Å². The molecule has 1 saturated heterocycles. The average Bonchev–Trinajstić information content (AvgIpc) is 2.92. The zero-order chi connectivity index (χ0) is 18.0. The van der Waals surface area contributed by atoms with Crippen LogP contribution >= 0.6 is 0 Å². The van der Waals surface area contributed by atoms with Crippen molar-refractivity contribution >= 4 is 30.4 Å². The number of anilines is 1. The van der Waals surface area contributed by atoms with Gasteiger partial charge in [0.25, 0.3) is 0 Å². The standard InChI is InChI=1S/C18H24BN2O4/c1-18(2,3)24-17(22)21-15-9-7-8-14(20-10-5-4-6-11-20)13(15)12-16(21)25-19-23/h7-9,12,23H,4-6,10-11H2,1-3H3. The highest BCUT2D eigenvalue weighted by Gasteiger charge is 2.25. The van der Waals surface area contributed by atoms with Crippen LogP contribution in [-0.2, 0) is 4.74 Å². The summed E-state index contributed by atoms with van der Waals surface area (Å²) in [5.74, 6) is 0.233. The van der Waals surface area contributed by atoms with Crippen molar-refractivity contribution in [2.24, 2.45) is 0 Å². The number of hydrogen-bond acceptors (Lipinski definition) is 5. The lowest BCUT2D eigenvalue weighted by molar-refractivity contribution is 0.0537. The lowest BCUT2D eigenvalue weighted by Crippen LogP contribution is -2.29. The first-order valence-corrected chi connectivity index (χ1v) is 8.66. The van der Waals surface area contributed by atoms with Crippen molar-refractivity contribution in [1.29, 1.82) is 0 Å². The molecule has 3 rings (SSSR count). The van der Waals surface area contributed by atoms with Crippen LogP contribution in [-0.4, -0.2) is 42.1 Å². The minimum atomic E-state index is -0.627. The van der Waals surface area contributed by atoms with E-state index in [2.05, 4.69) is 11.0 Å². The predicted molar refractivity (Wildman–Crippen MR) is 98.2 cm³/mol. The van der Waals surface area contributed by atoms with E-state index in [4.69, 9.17) is 14.4 Å². The molecule has 0 bridgehead atoms. The van der Waals surface area contributed by atoms with E-state index in [1.165, 1.54) is 11.0 Å². The number of benzene rings is 1. The highest BCUT2D eigenvalue weighted by Crippen LogP contribution is 2.34. The number of nitrogens with zero attached hydrogens (tertiary/aromatic N) is 2. The van der Waals surface area contributed by atoms with Gasteiger partial charge in [0.05, 0.1) is 5.52 Å². The Balaban J connectivity index is 2.08. The third-order valence-corrected chi connectivity index (χ3v) is 4.24. The molecule has 1 aromatic heterocycles. The Morgan fingerprint density at radius 3 is 2.56 bits per heavy atom. The summed E-state index contributed by atoms with van der Waals surface area (Å²) < 4.78 is 12.0. The minimum absolute atomic E-state index is 0.233. The summed E-state index contributed by atoms with van der Waals surface area (Å²) >= 11 is 0. The Labute approximate surface area is 148 Å². The molecule has 2 aromatic rings. The van der Waals surface area contributed by atoms with Gasteiger partial charge in [0.1, 0.15) is 5.60 Å². The van der Waals surface area contributed by atoms with Crippen LogP contribution in [0.25, 0.3) is 10.9 Å². The Morgan fingerprint density at radius 2 is 1.92 bits per heavy atom. The maximum Gasteiger partial charge on any atom is 0.570 e. The van der Waals surface area contributed by atoms with Gasteiger partial charge in [-0.05, 0) is 52.2 Å². The van der Waals surface area contributed by atoms with Crippen molar-refractivity contribution in [3.05, 3.63) is 24.3 Å². The molecule has 0 spiro atoms. The molecule has 1 aliphatic heterocycles. The van der Waals surface area contributed by atoms with Crippen molar-refractivity contribution in [2.75, 3.05) is 18.0 Å².